The number of carbonyl (C=O) groups excluding carboxylic acids is 1. The molecule has 0 radical (unpaired) electrons. The van der Waals surface area contributed by atoms with Crippen LogP contribution in [0, 0.1) is 0 Å². The lowest BCUT2D eigenvalue weighted by atomic mass is 10.1. The zero-order chi connectivity index (χ0) is 18.5. The Bertz CT molecular complexity index is 930. The van der Waals surface area contributed by atoms with E-state index in [0.29, 0.717) is 20.2 Å². The summed E-state index contributed by atoms with van der Waals surface area (Å²) in [6.07, 6.45) is 2.49. The van der Waals surface area contributed by atoms with E-state index >= 15 is 0 Å². The molecule has 3 aromatic rings. The lowest BCUT2D eigenvalue weighted by Gasteiger charge is -2.04. The molecule has 2 aromatic carbocycles. The molecule has 3 rings (SSSR count). The molecule has 0 bridgehead atoms. The zero-order valence-corrected chi connectivity index (χ0v) is 17.2. The van der Waals surface area contributed by atoms with Gasteiger partial charge in [-0.15, -0.1) is 23.1 Å². The molecular weight excluding hydrogens is 431 g/mol. The second-order valence-electron chi connectivity index (χ2n) is 5.35. The number of halogens is 3. The Morgan fingerprint density at radius 1 is 1.12 bits per heavy atom. The Morgan fingerprint density at radius 3 is 2.73 bits per heavy atom. The van der Waals surface area contributed by atoms with Crippen LogP contribution < -0.4 is 5.32 Å². The average molecular weight is 444 g/mol. The first kappa shape index (κ1) is 19.5. The lowest BCUT2D eigenvalue weighted by Crippen LogP contribution is -2.13. The molecular formula is C18H13Cl3N2OS2. The summed E-state index contributed by atoms with van der Waals surface area (Å²) in [5.74, 6) is 0.0817. The molecule has 26 heavy (non-hydrogen) atoms. The van der Waals surface area contributed by atoms with E-state index in [1.807, 2.05) is 24.3 Å². The molecule has 0 fully saturated rings. The Labute approximate surface area is 174 Å². The standard InChI is InChI=1S/C18H13Cl3N2OS2/c19-12-3-1-2-11(6-12)7-14-9-22-18(26-14)23-17(24)10-25-16-8-13(20)4-5-15(16)21/h1-6,8-9H,7,10H2,(H,22,23,24). The van der Waals surface area contributed by atoms with E-state index < -0.39 is 0 Å². The van der Waals surface area contributed by atoms with Gasteiger partial charge in [0.2, 0.25) is 5.91 Å². The molecule has 0 saturated heterocycles. The fraction of sp³-hybridized carbons (Fsp3) is 0.111. The van der Waals surface area contributed by atoms with Crippen molar-refractivity contribution in [2.45, 2.75) is 11.3 Å². The SMILES string of the molecule is O=C(CSc1cc(Cl)ccc1Cl)Nc1ncc(Cc2cccc(Cl)c2)s1. The highest BCUT2D eigenvalue weighted by Gasteiger charge is 2.10. The van der Waals surface area contributed by atoms with Crippen LogP contribution >= 0.6 is 57.9 Å². The summed E-state index contributed by atoms with van der Waals surface area (Å²) in [6.45, 7) is 0. The van der Waals surface area contributed by atoms with Gasteiger partial charge < -0.3 is 5.32 Å². The first-order valence-electron chi connectivity index (χ1n) is 7.56. The molecule has 1 aromatic heterocycles. The minimum atomic E-state index is -0.144. The molecule has 8 heteroatoms. The predicted molar refractivity (Wildman–Crippen MR) is 112 cm³/mol. The minimum absolute atomic E-state index is 0.144. The van der Waals surface area contributed by atoms with Crippen LogP contribution in [0.25, 0.3) is 0 Å². The van der Waals surface area contributed by atoms with E-state index in [9.17, 15) is 4.79 Å². The molecule has 0 spiro atoms. The Balaban J connectivity index is 1.55. The van der Waals surface area contributed by atoms with Crippen LogP contribution in [0.4, 0.5) is 5.13 Å². The average Bonchev–Trinajstić information content (AvgIpc) is 3.02. The lowest BCUT2D eigenvalue weighted by molar-refractivity contribution is -0.113. The molecule has 1 N–H and O–H groups in total. The van der Waals surface area contributed by atoms with Crippen molar-refractivity contribution in [2.24, 2.45) is 0 Å². The van der Waals surface area contributed by atoms with E-state index in [1.54, 1.807) is 24.4 Å². The number of thiazole rings is 1. The van der Waals surface area contributed by atoms with E-state index in [1.165, 1.54) is 23.1 Å². The fourth-order valence-electron chi connectivity index (χ4n) is 2.18. The highest BCUT2D eigenvalue weighted by atomic mass is 35.5. The van der Waals surface area contributed by atoms with Gasteiger partial charge in [0, 0.05) is 32.4 Å². The van der Waals surface area contributed by atoms with Gasteiger partial charge in [-0.1, -0.05) is 46.9 Å². The van der Waals surface area contributed by atoms with E-state index in [-0.39, 0.29) is 11.7 Å². The third kappa shape index (κ3) is 5.63. The Morgan fingerprint density at radius 2 is 1.92 bits per heavy atom. The van der Waals surface area contributed by atoms with Crippen molar-refractivity contribution in [1.82, 2.24) is 4.98 Å². The van der Waals surface area contributed by atoms with Crippen molar-refractivity contribution < 1.29 is 4.79 Å². The molecule has 1 amide bonds. The maximum Gasteiger partial charge on any atom is 0.236 e. The van der Waals surface area contributed by atoms with Crippen molar-refractivity contribution in [3.05, 3.63) is 74.2 Å². The Hall–Kier alpha value is -1.24. The summed E-state index contributed by atoms with van der Waals surface area (Å²) in [6, 6.07) is 12.9. The predicted octanol–water partition coefficient (Wildman–Crippen LogP) is 6.42. The van der Waals surface area contributed by atoms with Crippen molar-refractivity contribution in [3.63, 3.8) is 0 Å². The molecule has 134 valence electrons. The van der Waals surface area contributed by atoms with Crippen LogP contribution in [0.3, 0.4) is 0 Å². The van der Waals surface area contributed by atoms with Gasteiger partial charge in [0.15, 0.2) is 5.13 Å². The van der Waals surface area contributed by atoms with Crippen LogP contribution in [0.1, 0.15) is 10.4 Å². The highest BCUT2D eigenvalue weighted by molar-refractivity contribution is 8.00. The number of hydrogen-bond donors (Lipinski definition) is 1. The number of thioether (sulfide) groups is 1. The minimum Gasteiger partial charge on any atom is -0.301 e. The van der Waals surface area contributed by atoms with Crippen LogP contribution in [0.5, 0.6) is 0 Å². The first-order chi connectivity index (χ1) is 12.5. The number of carbonyl (C=O) groups is 1. The summed E-state index contributed by atoms with van der Waals surface area (Å²) in [5, 5.41) is 5.25. The van der Waals surface area contributed by atoms with Crippen molar-refractivity contribution >= 4 is 68.9 Å². The fourth-order valence-corrected chi connectivity index (χ4v) is 4.55. The van der Waals surface area contributed by atoms with Gasteiger partial charge in [-0.05, 0) is 35.9 Å². The van der Waals surface area contributed by atoms with Gasteiger partial charge in [0.1, 0.15) is 0 Å². The number of anilines is 1. The van der Waals surface area contributed by atoms with E-state index in [4.69, 9.17) is 34.8 Å². The summed E-state index contributed by atoms with van der Waals surface area (Å²) < 4.78 is 0. The smallest absolute Gasteiger partial charge is 0.236 e. The number of hydrogen-bond acceptors (Lipinski definition) is 4. The summed E-state index contributed by atoms with van der Waals surface area (Å²) >= 11 is 20.8. The van der Waals surface area contributed by atoms with Crippen molar-refractivity contribution in [2.75, 3.05) is 11.1 Å². The summed E-state index contributed by atoms with van der Waals surface area (Å²) in [4.78, 5) is 18.2. The summed E-state index contributed by atoms with van der Waals surface area (Å²) in [5.41, 5.74) is 1.10. The van der Waals surface area contributed by atoms with Crippen LogP contribution in [-0.2, 0) is 11.2 Å². The van der Waals surface area contributed by atoms with Gasteiger partial charge in [-0.2, -0.15) is 0 Å². The number of nitrogens with zero attached hydrogens (tertiary/aromatic N) is 1. The second-order valence-corrected chi connectivity index (χ2v) is 8.76. The van der Waals surface area contributed by atoms with Crippen LogP contribution in [0.15, 0.2) is 53.6 Å². The Kier molecular flexibility index (Phi) is 6.84. The van der Waals surface area contributed by atoms with E-state index in [0.717, 1.165) is 21.8 Å². The van der Waals surface area contributed by atoms with Crippen molar-refractivity contribution in [3.8, 4) is 0 Å². The van der Waals surface area contributed by atoms with Crippen LogP contribution in [-0.4, -0.2) is 16.6 Å². The number of benzene rings is 2. The molecule has 0 unspecified atom stereocenters. The maximum atomic E-state index is 12.1. The molecule has 0 saturated carbocycles. The number of amides is 1. The first-order valence-corrected chi connectivity index (χ1v) is 10.5. The van der Waals surface area contributed by atoms with Crippen LogP contribution in [0.2, 0.25) is 15.1 Å². The normalized spacial score (nSPS) is 10.7. The van der Waals surface area contributed by atoms with Gasteiger partial charge in [-0.25, -0.2) is 4.98 Å². The topological polar surface area (TPSA) is 42.0 Å². The molecule has 0 aliphatic carbocycles. The largest absolute Gasteiger partial charge is 0.301 e. The molecule has 0 aliphatic heterocycles. The maximum absolute atomic E-state index is 12.1. The third-order valence-corrected chi connectivity index (χ3v) is 6.20. The number of aromatic nitrogens is 1. The number of nitrogens with one attached hydrogen (secondary N) is 1. The highest BCUT2D eigenvalue weighted by Crippen LogP contribution is 2.30. The summed E-state index contributed by atoms with van der Waals surface area (Å²) in [7, 11) is 0. The molecule has 3 nitrogen and oxygen atoms in total. The quantitative estimate of drug-likeness (QED) is 0.447. The molecule has 1 heterocycles. The number of rotatable bonds is 6. The van der Waals surface area contributed by atoms with Gasteiger partial charge in [-0.3, -0.25) is 4.79 Å². The van der Waals surface area contributed by atoms with Gasteiger partial charge in [0.05, 0.1) is 10.8 Å². The monoisotopic (exact) mass is 442 g/mol. The molecule has 0 aliphatic rings. The molecule has 0 atom stereocenters. The second kappa shape index (κ2) is 9.11. The zero-order valence-electron chi connectivity index (χ0n) is 13.3. The third-order valence-electron chi connectivity index (χ3n) is 3.32. The van der Waals surface area contributed by atoms with Gasteiger partial charge in [0.25, 0.3) is 0 Å². The van der Waals surface area contributed by atoms with E-state index in [2.05, 4.69) is 10.3 Å². The van der Waals surface area contributed by atoms with Crippen molar-refractivity contribution in [1.29, 1.82) is 0 Å². The van der Waals surface area contributed by atoms with Gasteiger partial charge >= 0.3 is 0 Å².